The summed E-state index contributed by atoms with van der Waals surface area (Å²) in [6, 6.07) is 12.7. The number of nitrogens with zero attached hydrogens (tertiary/aromatic N) is 3. The molecule has 23 heavy (non-hydrogen) atoms. The number of nitrogens with one attached hydrogen (secondary N) is 1. The summed E-state index contributed by atoms with van der Waals surface area (Å²) in [6.07, 6.45) is 3.97. The van der Waals surface area contributed by atoms with Crippen LogP contribution >= 0.6 is 11.6 Å². The van der Waals surface area contributed by atoms with Crippen molar-refractivity contribution in [3.8, 4) is 0 Å². The van der Waals surface area contributed by atoms with Crippen LogP contribution in [0.1, 0.15) is 11.6 Å². The van der Waals surface area contributed by atoms with Crippen molar-refractivity contribution in [3.63, 3.8) is 0 Å². The maximum Gasteiger partial charge on any atom is 0.141 e. The lowest BCUT2D eigenvalue weighted by molar-refractivity contribution is 0.491. The topological polar surface area (TPSA) is 33.1 Å². The van der Waals surface area contributed by atoms with E-state index in [1.54, 1.807) is 0 Å². The molecule has 1 N–H and O–H groups in total. The third-order valence-corrected chi connectivity index (χ3v) is 4.80. The number of hydrogen-bond donors (Lipinski definition) is 1. The second-order valence-corrected chi connectivity index (χ2v) is 6.40. The summed E-state index contributed by atoms with van der Waals surface area (Å²) in [6.45, 7) is 2.89. The van der Waals surface area contributed by atoms with Gasteiger partial charge in [0.1, 0.15) is 5.65 Å². The highest BCUT2D eigenvalue weighted by molar-refractivity contribution is 6.30. The van der Waals surface area contributed by atoms with Gasteiger partial charge in [0.05, 0.1) is 6.04 Å². The first-order chi connectivity index (χ1) is 11.2. The second-order valence-electron chi connectivity index (χ2n) is 5.96. The number of anilines is 1. The molecule has 4 nitrogen and oxygen atoms in total. The van der Waals surface area contributed by atoms with Gasteiger partial charge in [-0.25, -0.2) is 4.98 Å². The van der Waals surface area contributed by atoms with E-state index >= 15 is 0 Å². The number of aromatic nitrogens is 2. The fourth-order valence-corrected chi connectivity index (χ4v) is 3.50. The third-order valence-electron chi connectivity index (χ3n) is 4.55. The Bertz CT molecular complexity index is 825. The van der Waals surface area contributed by atoms with Gasteiger partial charge in [0, 0.05) is 55.2 Å². The Morgan fingerprint density at radius 2 is 2.00 bits per heavy atom. The van der Waals surface area contributed by atoms with Gasteiger partial charge in [0.25, 0.3) is 0 Å². The van der Waals surface area contributed by atoms with Gasteiger partial charge < -0.3 is 14.8 Å². The number of rotatable bonds is 2. The Morgan fingerprint density at radius 3 is 2.83 bits per heavy atom. The van der Waals surface area contributed by atoms with E-state index in [0.29, 0.717) is 6.04 Å². The van der Waals surface area contributed by atoms with Gasteiger partial charge in [0.15, 0.2) is 0 Å². The summed E-state index contributed by atoms with van der Waals surface area (Å²) in [5.74, 6) is 0. The van der Waals surface area contributed by atoms with Crippen molar-refractivity contribution in [2.45, 2.75) is 6.04 Å². The van der Waals surface area contributed by atoms with Crippen molar-refractivity contribution in [2.24, 2.45) is 7.05 Å². The Labute approximate surface area is 140 Å². The normalized spacial score (nSPS) is 18.5. The maximum absolute atomic E-state index is 6.04. The Balaban J connectivity index is 1.79. The molecule has 1 unspecified atom stereocenters. The zero-order valence-electron chi connectivity index (χ0n) is 13.0. The quantitative estimate of drug-likeness (QED) is 0.783. The molecule has 0 aliphatic carbocycles. The first kappa shape index (κ1) is 14.5. The average Bonchev–Trinajstić information content (AvgIpc) is 2.97. The summed E-state index contributed by atoms with van der Waals surface area (Å²) >= 11 is 6.04. The molecule has 1 atom stereocenters. The molecule has 0 saturated carbocycles. The molecule has 1 fully saturated rings. The van der Waals surface area contributed by atoms with Gasteiger partial charge in [-0.3, -0.25) is 0 Å². The number of fused-ring (bicyclic) bond motifs is 1. The van der Waals surface area contributed by atoms with Crippen LogP contribution in [0.2, 0.25) is 5.02 Å². The molecular weight excluding hydrogens is 308 g/mol. The zero-order chi connectivity index (χ0) is 15.8. The van der Waals surface area contributed by atoms with Gasteiger partial charge in [-0.05, 0) is 29.8 Å². The van der Waals surface area contributed by atoms with Crippen LogP contribution < -0.4 is 10.2 Å². The summed E-state index contributed by atoms with van der Waals surface area (Å²) in [5.41, 5.74) is 3.55. The van der Waals surface area contributed by atoms with E-state index in [-0.39, 0.29) is 0 Å². The van der Waals surface area contributed by atoms with Crippen LogP contribution in [0, 0.1) is 0 Å². The largest absolute Gasteiger partial charge is 0.361 e. The number of benzene rings is 1. The molecule has 1 aromatic carbocycles. The lowest BCUT2D eigenvalue weighted by Crippen LogP contribution is -2.46. The van der Waals surface area contributed by atoms with E-state index in [1.807, 2.05) is 25.4 Å². The monoisotopic (exact) mass is 326 g/mol. The van der Waals surface area contributed by atoms with E-state index in [2.05, 4.69) is 50.2 Å². The highest BCUT2D eigenvalue weighted by atomic mass is 35.5. The van der Waals surface area contributed by atoms with Crippen LogP contribution in [0.4, 0.5) is 5.69 Å². The summed E-state index contributed by atoms with van der Waals surface area (Å²) in [4.78, 5) is 6.98. The molecular formula is C18H19ClN4. The summed E-state index contributed by atoms with van der Waals surface area (Å²) < 4.78 is 2.07. The summed E-state index contributed by atoms with van der Waals surface area (Å²) in [7, 11) is 2.04. The first-order valence-electron chi connectivity index (χ1n) is 7.87. The minimum Gasteiger partial charge on any atom is -0.361 e. The van der Waals surface area contributed by atoms with Crippen LogP contribution in [0.15, 0.2) is 48.8 Å². The predicted octanol–water partition coefficient (Wildman–Crippen LogP) is 3.38. The molecule has 0 bridgehead atoms. The predicted molar refractivity (Wildman–Crippen MR) is 95.1 cm³/mol. The van der Waals surface area contributed by atoms with Crippen LogP contribution in [0.25, 0.3) is 11.0 Å². The molecule has 0 radical (unpaired) electrons. The SMILES string of the molecule is Cn1ccc2c(N3CCNCC3c3ccc(Cl)cc3)ccnc21. The van der Waals surface area contributed by atoms with Crippen molar-refractivity contribution in [3.05, 3.63) is 59.4 Å². The first-order valence-corrected chi connectivity index (χ1v) is 8.25. The molecule has 0 spiro atoms. The van der Waals surface area contributed by atoms with Gasteiger partial charge in [-0.1, -0.05) is 23.7 Å². The molecule has 3 heterocycles. The summed E-state index contributed by atoms with van der Waals surface area (Å²) in [5, 5.41) is 5.49. The number of hydrogen-bond acceptors (Lipinski definition) is 3. The molecule has 118 valence electrons. The standard InChI is InChI=1S/C18H19ClN4/c1-22-10-7-15-16(6-8-21-18(15)22)23-11-9-20-12-17(23)13-2-4-14(19)5-3-13/h2-8,10,17,20H,9,11-12H2,1H3. The van der Waals surface area contributed by atoms with Gasteiger partial charge in [0.2, 0.25) is 0 Å². The van der Waals surface area contributed by atoms with Crippen molar-refractivity contribution in [2.75, 3.05) is 24.5 Å². The van der Waals surface area contributed by atoms with Crippen molar-refractivity contribution in [1.82, 2.24) is 14.9 Å². The lowest BCUT2D eigenvalue weighted by Gasteiger charge is -2.38. The van der Waals surface area contributed by atoms with E-state index in [4.69, 9.17) is 11.6 Å². The van der Waals surface area contributed by atoms with Gasteiger partial charge in [-0.2, -0.15) is 0 Å². The molecule has 2 aromatic heterocycles. The van der Waals surface area contributed by atoms with Gasteiger partial charge in [-0.15, -0.1) is 0 Å². The van der Waals surface area contributed by atoms with E-state index in [0.717, 1.165) is 30.3 Å². The van der Waals surface area contributed by atoms with Crippen molar-refractivity contribution >= 4 is 28.3 Å². The molecule has 4 rings (SSSR count). The van der Waals surface area contributed by atoms with Gasteiger partial charge >= 0.3 is 0 Å². The Hall–Kier alpha value is -2.04. The minimum absolute atomic E-state index is 0.298. The molecule has 1 aliphatic heterocycles. The van der Waals surface area contributed by atoms with E-state index in [9.17, 15) is 0 Å². The molecule has 1 aliphatic rings. The van der Waals surface area contributed by atoms with E-state index < -0.39 is 0 Å². The lowest BCUT2D eigenvalue weighted by atomic mass is 10.0. The number of piperazine rings is 1. The second kappa shape index (κ2) is 5.87. The average molecular weight is 327 g/mol. The maximum atomic E-state index is 6.04. The highest BCUT2D eigenvalue weighted by Crippen LogP contribution is 2.33. The third kappa shape index (κ3) is 2.58. The number of pyridine rings is 1. The fourth-order valence-electron chi connectivity index (χ4n) is 3.38. The highest BCUT2D eigenvalue weighted by Gasteiger charge is 2.25. The van der Waals surface area contributed by atoms with Crippen LogP contribution in [-0.2, 0) is 7.05 Å². The number of aryl methyl sites for hydroxylation is 1. The molecule has 5 heteroatoms. The van der Waals surface area contributed by atoms with Crippen molar-refractivity contribution in [1.29, 1.82) is 0 Å². The zero-order valence-corrected chi connectivity index (χ0v) is 13.8. The molecule has 0 amide bonds. The van der Waals surface area contributed by atoms with Crippen LogP contribution in [0.5, 0.6) is 0 Å². The Kier molecular flexibility index (Phi) is 3.71. The van der Waals surface area contributed by atoms with Crippen LogP contribution in [-0.4, -0.2) is 29.2 Å². The minimum atomic E-state index is 0.298. The Morgan fingerprint density at radius 1 is 1.17 bits per heavy atom. The number of halogens is 1. The molecule has 3 aromatic rings. The fraction of sp³-hybridized carbons (Fsp3) is 0.278. The van der Waals surface area contributed by atoms with Crippen molar-refractivity contribution < 1.29 is 0 Å². The molecule has 1 saturated heterocycles. The smallest absolute Gasteiger partial charge is 0.141 e. The van der Waals surface area contributed by atoms with E-state index in [1.165, 1.54) is 16.6 Å². The van der Waals surface area contributed by atoms with Crippen LogP contribution in [0.3, 0.4) is 0 Å².